The maximum absolute atomic E-state index is 11.8. The Morgan fingerprint density at radius 3 is 2.85 bits per heavy atom. The lowest BCUT2D eigenvalue weighted by Crippen LogP contribution is -2.29. The number of methoxy groups -OCH3 is 1. The molecular weight excluding hydrogens is 256 g/mol. The molecule has 1 fully saturated rings. The average Bonchev–Trinajstić information content (AvgIpc) is 2.84. The van der Waals surface area contributed by atoms with Gasteiger partial charge in [-0.3, -0.25) is 4.79 Å². The summed E-state index contributed by atoms with van der Waals surface area (Å²) in [5, 5.41) is 3.20. The number of hydrogen-bond acceptors (Lipinski definition) is 5. The molecule has 0 saturated carbocycles. The van der Waals surface area contributed by atoms with E-state index in [1.165, 1.54) is 0 Å². The first-order valence-electron chi connectivity index (χ1n) is 7.04. The van der Waals surface area contributed by atoms with E-state index in [0.29, 0.717) is 31.4 Å². The highest BCUT2D eigenvalue weighted by Gasteiger charge is 2.28. The van der Waals surface area contributed by atoms with Gasteiger partial charge in [-0.25, -0.2) is 9.97 Å². The van der Waals surface area contributed by atoms with Crippen molar-refractivity contribution in [1.29, 1.82) is 0 Å². The van der Waals surface area contributed by atoms with Crippen molar-refractivity contribution in [3.8, 4) is 0 Å². The molecule has 2 heterocycles. The van der Waals surface area contributed by atoms with Gasteiger partial charge >= 0.3 is 0 Å². The number of carbonyl (C=O) groups excluding carboxylic acids is 1. The Kier molecular flexibility index (Phi) is 5.29. The molecule has 110 valence electrons. The van der Waals surface area contributed by atoms with Gasteiger partial charge in [-0.05, 0) is 12.0 Å². The molecule has 20 heavy (non-hydrogen) atoms. The third-order valence-electron chi connectivity index (χ3n) is 3.52. The van der Waals surface area contributed by atoms with Gasteiger partial charge in [-0.15, -0.1) is 0 Å². The van der Waals surface area contributed by atoms with Crippen molar-refractivity contribution in [3.05, 3.63) is 18.0 Å². The van der Waals surface area contributed by atoms with Gasteiger partial charge < -0.3 is 15.0 Å². The summed E-state index contributed by atoms with van der Waals surface area (Å²) in [5.41, 5.74) is 1.12. The van der Waals surface area contributed by atoms with Crippen LogP contribution in [0.5, 0.6) is 0 Å². The zero-order chi connectivity index (χ0) is 14.4. The van der Waals surface area contributed by atoms with E-state index in [1.807, 2.05) is 17.3 Å². The van der Waals surface area contributed by atoms with Crippen LogP contribution in [0, 0.1) is 5.92 Å². The molecule has 0 aliphatic carbocycles. The van der Waals surface area contributed by atoms with Crippen molar-refractivity contribution in [3.63, 3.8) is 0 Å². The number of nitrogens with one attached hydrogen (secondary N) is 1. The van der Waals surface area contributed by atoms with Crippen molar-refractivity contribution in [1.82, 2.24) is 14.9 Å². The predicted octanol–water partition coefficient (Wildman–Crippen LogP) is 0.946. The molecule has 1 aromatic rings. The molecule has 0 radical (unpaired) electrons. The average molecular weight is 278 g/mol. The van der Waals surface area contributed by atoms with E-state index in [1.54, 1.807) is 7.11 Å². The van der Waals surface area contributed by atoms with Crippen molar-refractivity contribution in [2.24, 2.45) is 5.92 Å². The lowest BCUT2D eigenvalue weighted by Gasteiger charge is -2.16. The van der Waals surface area contributed by atoms with Crippen LogP contribution in [0.2, 0.25) is 0 Å². The summed E-state index contributed by atoms with van der Waals surface area (Å²) < 4.78 is 5.01. The van der Waals surface area contributed by atoms with Gasteiger partial charge in [0, 0.05) is 51.5 Å². The minimum absolute atomic E-state index is 0.205. The van der Waals surface area contributed by atoms with Crippen LogP contribution in [0.25, 0.3) is 0 Å². The Morgan fingerprint density at radius 2 is 2.20 bits per heavy atom. The molecule has 0 spiro atoms. The second kappa shape index (κ2) is 7.19. The molecule has 6 nitrogen and oxygen atoms in total. The Labute approximate surface area is 119 Å². The normalized spacial score (nSPS) is 18.6. The highest BCUT2D eigenvalue weighted by atomic mass is 16.5. The minimum Gasteiger partial charge on any atom is -0.383 e. The van der Waals surface area contributed by atoms with Crippen LogP contribution >= 0.6 is 0 Å². The minimum atomic E-state index is 0.205. The van der Waals surface area contributed by atoms with Crippen LogP contribution in [-0.4, -0.2) is 54.1 Å². The van der Waals surface area contributed by atoms with Crippen molar-refractivity contribution < 1.29 is 9.53 Å². The Morgan fingerprint density at radius 1 is 1.45 bits per heavy atom. The number of amides is 1. The molecule has 1 saturated heterocycles. The number of rotatable bonds is 7. The second-order valence-corrected chi connectivity index (χ2v) is 5.05. The van der Waals surface area contributed by atoms with Gasteiger partial charge in [0.15, 0.2) is 0 Å². The van der Waals surface area contributed by atoms with Crippen LogP contribution < -0.4 is 5.32 Å². The smallest absolute Gasteiger partial charge is 0.223 e. The Hall–Kier alpha value is -1.69. The Bertz CT molecular complexity index is 435. The second-order valence-electron chi connectivity index (χ2n) is 5.05. The van der Waals surface area contributed by atoms with Crippen LogP contribution in [0.4, 0.5) is 5.95 Å². The fourth-order valence-electron chi connectivity index (χ4n) is 2.27. The molecule has 0 bridgehead atoms. The van der Waals surface area contributed by atoms with Crippen LogP contribution in [0.1, 0.15) is 18.9 Å². The van der Waals surface area contributed by atoms with Crippen molar-refractivity contribution in [2.45, 2.75) is 19.8 Å². The van der Waals surface area contributed by atoms with Gasteiger partial charge in [0.25, 0.3) is 0 Å². The summed E-state index contributed by atoms with van der Waals surface area (Å²) in [5.74, 6) is 1.15. The molecule has 1 aromatic heterocycles. The summed E-state index contributed by atoms with van der Waals surface area (Å²) in [4.78, 5) is 22.2. The fourth-order valence-corrected chi connectivity index (χ4v) is 2.27. The number of carbonyl (C=O) groups is 1. The topological polar surface area (TPSA) is 67.4 Å². The highest BCUT2D eigenvalue weighted by molar-refractivity contribution is 5.78. The van der Waals surface area contributed by atoms with Crippen LogP contribution in [0.15, 0.2) is 12.4 Å². The largest absolute Gasteiger partial charge is 0.383 e. The van der Waals surface area contributed by atoms with Crippen LogP contribution in [0.3, 0.4) is 0 Å². The summed E-state index contributed by atoms with van der Waals surface area (Å²) in [7, 11) is 1.65. The standard InChI is InChI=1S/C14H22N4O2/c1-3-11-7-15-14(16-8-11)17-9-12-6-13(19)18(10-12)4-5-20-2/h7-8,12H,3-6,9-10H2,1-2H3,(H,15,16,17)/t12-/m1/s1. The van der Waals surface area contributed by atoms with E-state index in [2.05, 4.69) is 22.2 Å². The van der Waals surface area contributed by atoms with Crippen LogP contribution in [-0.2, 0) is 16.0 Å². The van der Waals surface area contributed by atoms with Gasteiger partial charge in [-0.2, -0.15) is 0 Å². The third kappa shape index (κ3) is 3.90. The number of anilines is 1. The SMILES string of the molecule is CCc1cnc(NC[C@H]2CC(=O)N(CCOC)C2)nc1. The van der Waals surface area contributed by atoms with Gasteiger partial charge in [0.1, 0.15) is 0 Å². The van der Waals surface area contributed by atoms with E-state index in [0.717, 1.165) is 25.1 Å². The Balaban J connectivity index is 1.78. The highest BCUT2D eigenvalue weighted by Crippen LogP contribution is 2.17. The molecule has 1 aliphatic heterocycles. The molecular formula is C14H22N4O2. The molecule has 0 aromatic carbocycles. The zero-order valence-electron chi connectivity index (χ0n) is 12.1. The van der Waals surface area contributed by atoms with Gasteiger partial charge in [0.05, 0.1) is 6.61 Å². The van der Waals surface area contributed by atoms with E-state index in [-0.39, 0.29) is 5.91 Å². The summed E-state index contributed by atoms with van der Waals surface area (Å²) in [6.07, 6.45) is 5.19. The summed E-state index contributed by atoms with van der Waals surface area (Å²) >= 11 is 0. The first-order chi connectivity index (χ1) is 9.72. The maximum atomic E-state index is 11.8. The van der Waals surface area contributed by atoms with Gasteiger partial charge in [-0.1, -0.05) is 6.92 Å². The number of likely N-dealkylation sites (tertiary alicyclic amines) is 1. The lowest BCUT2D eigenvalue weighted by atomic mass is 10.1. The molecule has 0 unspecified atom stereocenters. The van der Waals surface area contributed by atoms with Crippen molar-refractivity contribution >= 4 is 11.9 Å². The third-order valence-corrected chi connectivity index (χ3v) is 3.52. The monoisotopic (exact) mass is 278 g/mol. The fraction of sp³-hybridized carbons (Fsp3) is 0.643. The van der Waals surface area contributed by atoms with Crippen molar-refractivity contribution in [2.75, 3.05) is 38.7 Å². The summed E-state index contributed by atoms with van der Waals surface area (Å²) in [6, 6.07) is 0. The first-order valence-corrected chi connectivity index (χ1v) is 7.04. The summed E-state index contributed by atoms with van der Waals surface area (Å²) in [6.45, 7) is 4.84. The van der Waals surface area contributed by atoms with E-state index >= 15 is 0 Å². The predicted molar refractivity (Wildman–Crippen MR) is 76.5 cm³/mol. The number of nitrogens with zero attached hydrogens (tertiary/aromatic N) is 3. The van der Waals surface area contributed by atoms with Gasteiger partial charge in [0.2, 0.25) is 11.9 Å². The maximum Gasteiger partial charge on any atom is 0.223 e. The first kappa shape index (κ1) is 14.7. The van der Waals surface area contributed by atoms with E-state index in [4.69, 9.17) is 4.74 Å². The number of ether oxygens (including phenoxy) is 1. The molecule has 1 N–H and O–H groups in total. The number of aromatic nitrogens is 2. The molecule has 2 rings (SSSR count). The molecule has 1 amide bonds. The number of aryl methyl sites for hydroxylation is 1. The zero-order valence-corrected chi connectivity index (χ0v) is 12.1. The quantitative estimate of drug-likeness (QED) is 0.804. The molecule has 1 atom stereocenters. The molecule has 6 heteroatoms. The molecule has 1 aliphatic rings. The number of hydrogen-bond donors (Lipinski definition) is 1. The van der Waals surface area contributed by atoms with E-state index in [9.17, 15) is 4.79 Å². The van der Waals surface area contributed by atoms with E-state index < -0.39 is 0 Å². The lowest BCUT2D eigenvalue weighted by molar-refractivity contribution is -0.128.